The van der Waals surface area contributed by atoms with Crippen molar-refractivity contribution in [1.82, 2.24) is 9.80 Å². The first-order valence-corrected chi connectivity index (χ1v) is 5.43. The molecule has 3 nitrogen and oxygen atoms in total. The zero-order valence-electron chi connectivity index (χ0n) is 9.37. The highest BCUT2D eigenvalue weighted by molar-refractivity contribution is 4.99. The van der Waals surface area contributed by atoms with Crippen LogP contribution in [-0.4, -0.2) is 60.8 Å². The maximum absolute atomic E-state index is 8.80. The first-order chi connectivity index (χ1) is 6.76. The van der Waals surface area contributed by atoms with Crippen molar-refractivity contribution in [1.29, 1.82) is 0 Å². The number of rotatable bonds is 4. The van der Waals surface area contributed by atoms with Gasteiger partial charge in [0.05, 0.1) is 6.61 Å². The number of piperazine rings is 1. The molecule has 0 unspecified atom stereocenters. The molecule has 1 heterocycles. The van der Waals surface area contributed by atoms with Crippen LogP contribution in [0, 0.1) is 0 Å². The van der Waals surface area contributed by atoms with Gasteiger partial charge in [0.1, 0.15) is 0 Å². The fourth-order valence-electron chi connectivity index (χ4n) is 1.76. The minimum absolute atomic E-state index is 0.286. The zero-order valence-corrected chi connectivity index (χ0v) is 9.37. The maximum atomic E-state index is 8.80. The standard InChI is InChI=1S/C11H22N2O/c1-3-11(2)10-13-6-4-12(5-7-13)8-9-14/h3,14H,4-10H2,1-2H3/b11-3+. The molecule has 1 N–H and O–H groups in total. The quantitative estimate of drug-likeness (QED) is 0.669. The van der Waals surface area contributed by atoms with E-state index in [1.54, 1.807) is 0 Å². The van der Waals surface area contributed by atoms with E-state index in [-0.39, 0.29) is 6.61 Å². The molecule has 0 aromatic carbocycles. The third kappa shape index (κ3) is 3.78. The van der Waals surface area contributed by atoms with Crippen LogP contribution in [0.15, 0.2) is 11.6 Å². The van der Waals surface area contributed by atoms with E-state index in [1.807, 2.05) is 0 Å². The molecule has 14 heavy (non-hydrogen) atoms. The van der Waals surface area contributed by atoms with Crippen LogP contribution in [0.1, 0.15) is 13.8 Å². The highest BCUT2D eigenvalue weighted by Gasteiger charge is 2.15. The van der Waals surface area contributed by atoms with Gasteiger partial charge in [-0.1, -0.05) is 11.6 Å². The summed E-state index contributed by atoms with van der Waals surface area (Å²) in [6, 6.07) is 0. The molecule has 0 bridgehead atoms. The number of aliphatic hydroxyl groups is 1. The summed E-state index contributed by atoms with van der Waals surface area (Å²) in [4.78, 5) is 4.80. The fraction of sp³-hybridized carbons (Fsp3) is 0.818. The second-order valence-corrected chi connectivity index (χ2v) is 3.98. The van der Waals surface area contributed by atoms with Crippen molar-refractivity contribution < 1.29 is 5.11 Å². The van der Waals surface area contributed by atoms with Gasteiger partial charge in [-0.3, -0.25) is 9.80 Å². The van der Waals surface area contributed by atoms with Gasteiger partial charge in [0, 0.05) is 39.3 Å². The van der Waals surface area contributed by atoms with Crippen LogP contribution in [0.25, 0.3) is 0 Å². The van der Waals surface area contributed by atoms with Gasteiger partial charge in [0.2, 0.25) is 0 Å². The lowest BCUT2D eigenvalue weighted by Gasteiger charge is -2.34. The summed E-state index contributed by atoms with van der Waals surface area (Å²) in [6.45, 7) is 10.9. The van der Waals surface area contributed by atoms with E-state index in [0.717, 1.165) is 39.3 Å². The molecule has 82 valence electrons. The Morgan fingerprint density at radius 1 is 1.21 bits per heavy atom. The van der Waals surface area contributed by atoms with Crippen LogP contribution in [0.5, 0.6) is 0 Å². The van der Waals surface area contributed by atoms with Crippen LogP contribution in [0.3, 0.4) is 0 Å². The van der Waals surface area contributed by atoms with Crippen molar-refractivity contribution in [3.05, 3.63) is 11.6 Å². The molecular weight excluding hydrogens is 176 g/mol. The Morgan fingerprint density at radius 3 is 2.29 bits per heavy atom. The Kier molecular flexibility index (Phi) is 5.15. The van der Waals surface area contributed by atoms with Crippen molar-refractivity contribution in [2.45, 2.75) is 13.8 Å². The zero-order chi connectivity index (χ0) is 10.4. The lowest BCUT2D eigenvalue weighted by atomic mass is 10.2. The first kappa shape index (κ1) is 11.7. The van der Waals surface area contributed by atoms with Crippen LogP contribution >= 0.6 is 0 Å². The summed E-state index contributed by atoms with van der Waals surface area (Å²) in [7, 11) is 0. The number of hydrogen-bond donors (Lipinski definition) is 1. The summed E-state index contributed by atoms with van der Waals surface area (Å²) in [5, 5.41) is 8.80. The van der Waals surface area contributed by atoms with E-state index in [9.17, 15) is 0 Å². The molecule has 1 saturated heterocycles. The average Bonchev–Trinajstić information content (AvgIpc) is 2.21. The maximum Gasteiger partial charge on any atom is 0.0558 e. The van der Waals surface area contributed by atoms with Crippen LogP contribution in [0.2, 0.25) is 0 Å². The van der Waals surface area contributed by atoms with Gasteiger partial charge in [-0.15, -0.1) is 0 Å². The molecule has 0 spiro atoms. The predicted octanol–water partition coefficient (Wildman–Crippen LogP) is 0.562. The molecule has 1 aliphatic rings. The highest BCUT2D eigenvalue weighted by Crippen LogP contribution is 2.04. The van der Waals surface area contributed by atoms with Gasteiger partial charge < -0.3 is 5.11 Å². The molecule has 0 amide bonds. The number of nitrogens with zero attached hydrogens (tertiary/aromatic N) is 2. The lowest BCUT2D eigenvalue weighted by molar-refractivity contribution is 0.118. The van der Waals surface area contributed by atoms with Gasteiger partial charge in [0.15, 0.2) is 0 Å². The number of hydrogen-bond acceptors (Lipinski definition) is 3. The summed E-state index contributed by atoms with van der Waals surface area (Å²) >= 11 is 0. The summed E-state index contributed by atoms with van der Waals surface area (Å²) in [6.07, 6.45) is 2.18. The number of β-amino-alcohol motifs (C(OH)–C–C–N with tert-alkyl or cyclic N) is 1. The molecule has 1 aliphatic heterocycles. The largest absolute Gasteiger partial charge is 0.395 e. The fourth-order valence-corrected chi connectivity index (χ4v) is 1.76. The van der Waals surface area contributed by atoms with E-state index in [2.05, 4.69) is 29.7 Å². The minimum atomic E-state index is 0.286. The lowest BCUT2D eigenvalue weighted by Crippen LogP contribution is -2.47. The summed E-state index contributed by atoms with van der Waals surface area (Å²) in [5.74, 6) is 0. The Hall–Kier alpha value is -0.380. The molecule has 1 fully saturated rings. The number of aliphatic hydroxyl groups excluding tert-OH is 1. The van der Waals surface area contributed by atoms with Crippen LogP contribution < -0.4 is 0 Å². The Balaban J connectivity index is 2.22. The van der Waals surface area contributed by atoms with E-state index >= 15 is 0 Å². The average molecular weight is 198 g/mol. The SMILES string of the molecule is C/C=C(\C)CN1CCN(CCO)CC1. The summed E-state index contributed by atoms with van der Waals surface area (Å²) in [5.41, 5.74) is 1.45. The third-order valence-electron chi connectivity index (χ3n) is 2.85. The third-order valence-corrected chi connectivity index (χ3v) is 2.85. The predicted molar refractivity (Wildman–Crippen MR) is 59.4 cm³/mol. The van der Waals surface area contributed by atoms with Crippen molar-refractivity contribution in [3.63, 3.8) is 0 Å². The Morgan fingerprint density at radius 2 is 1.79 bits per heavy atom. The van der Waals surface area contributed by atoms with Crippen LogP contribution in [-0.2, 0) is 0 Å². The molecular formula is C11H22N2O. The molecule has 0 aromatic heterocycles. The molecule has 0 aromatic rings. The van der Waals surface area contributed by atoms with Crippen LogP contribution in [0.4, 0.5) is 0 Å². The molecule has 0 radical (unpaired) electrons. The minimum Gasteiger partial charge on any atom is -0.395 e. The van der Waals surface area contributed by atoms with Crippen molar-refractivity contribution in [2.75, 3.05) is 45.9 Å². The van der Waals surface area contributed by atoms with Crippen molar-refractivity contribution in [2.24, 2.45) is 0 Å². The number of allylic oxidation sites excluding steroid dienone is 1. The van der Waals surface area contributed by atoms with Gasteiger partial charge in [-0.05, 0) is 13.8 Å². The van der Waals surface area contributed by atoms with E-state index in [1.165, 1.54) is 5.57 Å². The second kappa shape index (κ2) is 6.17. The van der Waals surface area contributed by atoms with E-state index in [4.69, 9.17) is 5.11 Å². The van der Waals surface area contributed by atoms with Gasteiger partial charge >= 0.3 is 0 Å². The molecule has 0 atom stereocenters. The normalized spacial score (nSPS) is 21.5. The Bertz CT molecular complexity index is 184. The first-order valence-electron chi connectivity index (χ1n) is 5.43. The van der Waals surface area contributed by atoms with E-state index < -0.39 is 0 Å². The molecule has 0 saturated carbocycles. The topological polar surface area (TPSA) is 26.7 Å². The highest BCUT2D eigenvalue weighted by atomic mass is 16.3. The molecule has 0 aliphatic carbocycles. The van der Waals surface area contributed by atoms with Crippen molar-refractivity contribution >= 4 is 0 Å². The molecule has 1 rings (SSSR count). The Labute approximate surface area is 87.0 Å². The van der Waals surface area contributed by atoms with Gasteiger partial charge in [0.25, 0.3) is 0 Å². The monoisotopic (exact) mass is 198 g/mol. The van der Waals surface area contributed by atoms with E-state index in [0.29, 0.717) is 0 Å². The molecule has 3 heteroatoms. The van der Waals surface area contributed by atoms with Crippen molar-refractivity contribution in [3.8, 4) is 0 Å². The van der Waals surface area contributed by atoms with Gasteiger partial charge in [-0.25, -0.2) is 0 Å². The van der Waals surface area contributed by atoms with Gasteiger partial charge in [-0.2, -0.15) is 0 Å². The second-order valence-electron chi connectivity index (χ2n) is 3.98. The summed E-state index contributed by atoms with van der Waals surface area (Å²) < 4.78 is 0. The smallest absolute Gasteiger partial charge is 0.0558 e.